The Kier molecular flexibility index (Phi) is 10.5. The standard InChI is InChI=1S/C17H32N4O5/c1-9(2)7-12(20-15(23)11(18)5-6-14(19)22)16(24)21-13(17(25)26)8-10(3)4/h9-13H,5-8,18H2,1-4H3,(H2,19,22)(H,20,23)(H,21,24)(H,25,26)/t11-,12-,13-/m0/s1. The molecule has 0 bridgehead atoms. The number of primary amides is 1. The van der Waals surface area contributed by atoms with Crippen molar-refractivity contribution in [3.63, 3.8) is 0 Å². The van der Waals surface area contributed by atoms with E-state index in [4.69, 9.17) is 11.5 Å². The number of carbonyl (C=O) groups excluding carboxylic acids is 3. The first-order valence-corrected chi connectivity index (χ1v) is 8.81. The van der Waals surface area contributed by atoms with Gasteiger partial charge in [-0.05, 0) is 31.1 Å². The molecule has 150 valence electrons. The summed E-state index contributed by atoms with van der Waals surface area (Å²) >= 11 is 0. The van der Waals surface area contributed by atoms with Crippen molar-refractivity contribution in [3.8, 4) is 0 Å². The number of carboxylic acids is 1. The number of carboxylic acid groups (broad SMARTS) is 1. The lowest BCUT2D eigenvalue weighted by atomic mass is 10.00. The first kappa shape index (κ1) is 23.8. The van der Waals surface area contributed by atoms with Crippen LogP contribution in [0, 0.1) is 11.8 Å². The van der Waals surface area contributed by atoms with Crippen LogP contribution in [-0.2, 0) is 19.2 Å². The predicted octanol–water partition coefficient (Wildman–Crippen LogP) is -0.274. The molecular weight excluding hydrogens is 340 g/mol. The Morgan fingerprint density at radius 1 is 0.885 bits per heavy atom. The number of rotatable bonds is 12. The molecule has 0 aliphatic heterocycles. The summed E-state index contributed by atoms with van der Waals surface area (Å²) in [4.78, 5) is 46.8. The summed E-state index contributed by atoms with van der Waals surface area (Å²) in [5.41, 5.74) is 10.7. The van der Waals surface area contributed by atoms with Crippen molar-refractivity contribution in [2.24, 2.45) is 23.3 Å². The second-order valence-corrected chi connectivity index (χ2v) is 7.33. The van der Waals surface area contributed by atoms with E-state index < -0.39 is 41.8 Å². The number of carbonyl (C=O) groups is 4. The number of aliphatic carboxylic acids is 1. The van der Waals surface area contributed by atoms with Crippen LogP contribution in [0.15, 0.2) is 0 Å². The molecule has 0 aliphatic carbocycles. The van der Waals surface area contributed by atoms with E-state index in [0.29, 0.717) is 6.42 Å². The van der Waals surface area contributed by atoms with Crippen molar-refractivity contribution in [2.75, 3.05) is 0 Å². The maximum Gasteiger partial charge on any atom is 0.326 e. The van der Waals surface area contributed by atoms with Gasteiger partial charge in [-0.2, -0.15) is 0 Å². The lowest BCUT2D eigenvalue weighted by molar-refractivity contribution is -0.142. The van der Waals surface area contributed by atoms with E-state index in [1.54, 1.807) is 0 Å². The first-order chi connectivity index (χ1) is 11.9. The predicted molar refractivity (Wildman–Crippen MR) is 96.8 cm³/mol. The highest BCUT2D eigenvalue weighted by Gasteiger charge is 2.28. The average Bonchev–Trinajstić information content (AvgIpc) is 2.49. The van der Waals surface area contributed by atoms with Crippen LogP contribution in [0.5, 0.6) is 0 Å². The summed E-state index contributed by atoms with van der Waals surface area (Å²) < 4.78 is 0. The third-order valence-electron chi connectivity index (χ3n) is 3.70. The van der Waals surface area contributed by atoms with Crippen LogP contribution in [0.2, 0.25) is 0 Å². The topological polar surface area (TPSA) is 165 Å². The van der Waals surface area contributed by atoms with Gasteiger partial charge in [0.05, 0.1) is 6.04 Å². The van der Waals surface area contributed by atoms with E-state index >= 15 is 0 Å². The normalized spacial score (nSPS) is 14.6. The molecule has 0 saturated carbocycles. The van der Waals surface area contributed by atoms with Crippen LogP contribution in [-0.4, -0.2) is 46.9 Å². The van der Waals surface area contributed by atoms with Gasteiger partial charge in [0, 0.05) is 6.42 Å². The molecule has 0 aromatic heterocycles. The number of amides is 3. The van der Waals surface area contributed by atoms with E-state index in [9.17, 15) is 24.3 Å². The highest BCUT2D eigenvalue weighted by Crippen LogP contribution is 2.09. The van der Waals surface area contributed by atoms with E-state index in [0.717, 1.165) is 0 Å². The summed E-state index contributed by atoms with van der Waals surface area (Å²) in [5, 5.41) is 14.3. The molecule has 0 radical (unpaired) electrons. The minimum atomic E-state index is -1.13. The van der Waals surface area contributed by atoms with E-state index in [1.165, 1.54) is 0 Å². The number of hydrogen-bond acceptors (Lipinski definition) is 5. The van der Waals surface area contributed by atoms with Crippen molar-refractivity contribution in [1.29, 1.82) is 0 Å². The fourth-order valence-corrected chi connectivity index (χ4v) is 2.38. The second kappa shape index (κ2) is 11.5. The van der Waals surface area contributed by atoms with Crippen molar-refractivity contribution >= 4 is 23.7 Å². The van der Waals surface area contributed by atoms with Crippen molar-refractivity contribution in [3.05, 3.63) is 0 Å². The molecule has 0 spiro atoms. The molecule has 0 unspecified atom stereocenters. The summed E-state index contributed by atoms with van der Waals surface area (Å²) in [6.45, 7) is 7.46. The molecule has 9 nitrogen and oxygen atoms in total. The van der Waals surface area contributed by atoms with Crippen LogP contribution >= 0.6 is 0 Å². The van der Waals surface area contributed by atoms with Gasteiger partial charge in [-0.1, -0.05) is 27.7 Å². The van der Waals surface area contributed by atoms with Crippen molar-refractivity contribution in [1.82, 2.24) is 10.6 Å². The van der Waals surface area contributed by atoms with E-state index in [2.05, 4.69) is 10.6 Å². The quantitative estimate of drug-likeness (QED) is 0.316. The molecule has 3 atom stereocenters. The van der Waals surface area contributed by atoms with Crippen LogP contribution in [0.1, 0.15) is 53.4 Å². The molecule has 0 saturated heterocycles. The van der Waals surface area contributed by atoms with Gasteiger partial charge in [0.15, 0.2) is 0 Å². The van der Waals surface area contributed by atoms with Crippen LogP contribution in [0.25, 0.3) is 0 Å². The highest BCUT2D eigenvalue weighted by atomic mass is 16.4. The Bertz CT molecular complexity index is 507. The second-order valence-electron chi connectivity index (χ2n) is 7.33. The van der Waals surface area contributed by atoms with Gasteiger partial charge >= 0.3 is 5.97 Å². The van der Waals surface area contributed by atoms with Gasteiger partial charge in [0.2, 0.25) is 17.7 Å². The van der Waals surface area contributed by atoms with Crippen molar-refractivity contribution < 1.29 is 24.3 Å². The molecule has 9 heteroatoms. The van der Waals surface area contributed by atoms with E-state index in [1.807, 2.05) is 27.7 Å². The zero-order chi connectivity index (χ0) is 20.4. The lowest BCUT2D eigenvalue weighted by Gasteiger charge is -2.24. The smallest absolute Gasteiger partial charge is 0.326 e. The molecule has 0 aromatic carbocycles. The zero-order valence-electron chi connectivity index (χ0n) is 16.0. The molecule has 26 heavy (non-hydrogen) atoms. The summed E-state index contributed by atoms with van der Waals surface area (Å²) in [6.07, 6.45) is 0.642. The van der Waals surface area contributed by atoms with Gasteiger partial charge in [-0.3, -0.25) is 14.4 Å². The Morgan fingerprint density at radius 3 is 1.77 bits per heavy atom. The fourth-order valence-electron chi connectivity index (χ4n) is 2.38. The molecule has 7 N–H and O–H groups in total. The molecule has 0 rings (SSSR count). The van der Waals surface area contributed by atoms with Crippen LogP contribution in [0.3, 0.4) is 0 Å². The Morgan fingerprint density at radius 2 is 1.35 bits per heavy atom. The molecule has 3 amide bonds. The molecule has 0 heterocycles. The van der Waals surface area contributed by atoms with Gasteiger partial charge < -0.3 is 27.2 Å². The Hall–Kier alpha value is -2.16. The third kappa shape index (κ3) is 9.97. The third-order valence-corrected chi connectivity index (χ3v) is 3.70. The monoisotopic (exact) mass is 372 g/mol. The fraction of sp³-hybridized carbons (Fsp3) is 0.765. The van der Waals surface area contributed by atoms with E-state index in [-0.39, 0.29) is 31.1 Å². The minimum Gasteiger partial charge on any atom is -0.480 e. The number of nitrogens with one attached hydrogen (secondary N) is 2. The van der Waals surface area contributed by atoms with Gasteiger partial charge in [0.25, 0.3) is 0 Å². The minimum absolute atomic E-state index is 0.0366. The van der Waals surface area contributed by atoms with Gasteiger partial charge in [-0.15, -0.1) is 0 Å². The van der Waals surface area contributed by atoms with Crippen LogP contribution < -0.4 is 22.1 Å². The first-order valence-electron chi connectivity index (χ1n) is 8.81. The lowest BCUT2D eigenvalue weighted by Crippen LogP contribution is -2.55. The largest absolute Gasteiger partial charge is 0.480 e. The SMILES string of the molecule is CC(C)C[C@H](NC(=O)[C@H](CC(C)C)NC(=O)[C@@H](N)CCC(N)=O)C(=O)O. The number of nitrogens with two attached hydrogens (primary N) is 2. The Labute approximate surface area is 154 Å². The van der Waals surface area contributed by atoms with Gasteiger partial charge in [-0.25, -0.2) is 4.79 Å². The maximum absolute atomic E-state index is 12.5. The zero-order valence-corrected chi connectivity index (χ0v) is 16.0. The maximum atomic E-state index is 12.5. The molecule has 0 aromatic rings. The van der Waals surface area contributed by atoms with Gasteiger partial charge in [0.1, 0.15) is 12.1 Å². The van der Waals surface area contributed by atoms with Crippen molar-refractivity contribution in [2.45, 2.75) is 71.5 Å². The summed E-state index contributed by atoms with van der Waals surface area (Å²) in [7, 11) is 0. The Balaban J connectivity index is 5.00. The highest BCUT2D eigenvalue weighted by molar-refractivity contribution is 5.91. The summed E-state index contributed by atoms with van der Waals surface area (Å²) in [6, 6.07) is -2.91. The number of hydrogen-bond donors (Lipinski definition) is 5. The molecule has 0 fully saturated rings. The van der Waals surface area contributed by atoms with Crippen LogP contribution in [0.4, 0.5) is 0 Å². The molecular formula is C17H32N4O5. The summed E-state index contributed by atoms with van der Waals surface area (Å²) in [5.74, 6) is -2.68. The average molecular weight is 372 g/mol. The molecule has 0 aliphatic rings.